The Hall–Kier alpha value is -2.49. The maximum Gasteiger partial charge on any atom is 0.277 e. The summed E-state index contributed by atoms with van der Waals surface area (Å²) in [5.41, 5.74) is 3.74. The molecule has 0 amide bonds. The highest BCUT2D eigenvalue weighted by atomic mass is 32.2. The monoisotopic (exact) mass is 431 g/mol. The molecule has 2 heterocycles. The van der Waals surface area contributed by atoms with Gasteiger partial charge >= 0.3 is 0 Å². The summed E-state index contributed by atoms with van der Waals surface area (Å²) in [7, 11) is -5.28. The summed E-state index contributed by atoms with van der Waals surface area (Å²) >= 11 is 0. The molecule has 9 heteroatoms. The van der Waals surface area contributed by atoms with Crippen LogP contribution < -0.4 is 0 Å². The largest absolute Gasteiger partial charge is 0.324 e. The van der Waals surface area contributed by atoms with Crippen molar-refractivity contribution < 1.29 is 16.8 Å². The van der Waals surface area contributed by atoms with E-state index in [1.165, 1.54) is 21.3 Å². The van der Waals surface area contributed by atoms with E-state index in [4.69, 9.17) is 0 Å². The first-order valence-corrected chi connectivity index (χ1v) is 12.4. The quantitative estimate of drug-likeness (QED) is 0.632. The number of sulfonamides is 1. The first-order chi connectivity index (χ1) is 13.7. The molecule has 0 fully saturated rings. The molecule has 1 aromatic heterocycles. The highest BCUT2D eigenvalue weighted by molar-refractivity contribution is 7.90. The minimum absolute atomic E-state index is 0.0372. The van der Waals surface area contributed by atoms with Crippen LogP contribution in [-0.4, -0.2) is 43.5 Å². The highest BCUT2D eigenvalue weighted by Gasteiger charge is 2.31. The second-order valence-electron chi connectivity index (χ2n) is 7.19. The van der Waals surface area contributed by atoms with Crippen molar-refractivity contribution >= 4 is 19.9 Å². The first-order valence-electron chi connectivity index (χ1n) is 9.06. The van der Waals surface area contributed by atoms with Crippen LogP contribution in [0.2, 0.25) is 0 Å². The molecule has 0 N–H and O–H groups in total. The minimum atomic E-state index is -3.66. The van der Waals surface area contributed by atoms with E-state index in [0.717, 1.165) is 22.3 Å². The van der Waals surface area contributed by atoms with E-state index in [2.05, 4.69) is 4.98 Å². The fourth-order valence-electron chi connectivity index (χ4n) is 3.53. The van der Waals surface area contributed by atoms with Gasteiger partial charge in [0.2, 0.25) is 5.16 Å². The summed E-state index contributed by atoms with van der Waals surface area (Å²) in [4.78, 5) is 4.26. The minimum Gasteiger partial charge on any atom is -0.324 e. The SMILES string of the molecule is Cn1ccnc1S(=O)(=O)N1CCc2cc(-c3cccc(S(C)(=O)=O)c3)ccc2C1. The van der Waals surface area contributed by atoms with E-state index in [1.54, 1.807) is 31.4 Å². The van der Waals surface area contributed by atoms with Crippen molar-refractivity contribution in [3.8, 4) is 11.1 Å². The van der Waals surface area contributed by atoms with Gasteiger partial charge in [-0.15, -0.1) is 0 Å². The van der Waals surface area contributed by atoms with Gasteiger partial charge in [0.25, 0.3) is 10.0 Å². The molecule has 1 aliphatic heterocycles. The molecule has 0 bridgehead atoms. The van der Waals surface area contributed by atoms with E-state index in [-0.39, 0.29) is 16.6 Å². The topological polar surface area (TPSA) is 89.3 Å². The van der Waals surface area contributed by atoms with Crippen LogP contribution in [0.15, 0.2) is 64.9 Å². The molecule has 0 unspecified atom stereocenters. The zero-order valence-electron chi connectivity index (χ0n) is 16.1. The average Bonchev–Trinajstić information content (AvgIpc) is 3.13. The fourth-order valence-corrected chi connectivity index (χ4v) is 5.69. The third-order valence-electron chi connectivity index (χ3n) is 5.13. The number of hydrogen-bond donors (Lipinski definition) is 0. The van der Waals surface area contributed by atoms with Crippen molar-refractivity contribution in [2.75, 3.05) is 12.8 Å². The van der Waals surface area contributed by atoms with E-state index >= 15 is 0 Å². The molecule has 4 rings (SSSR count). The number of sulfone groups is 1. The lowest BCUT2D eigenvalue weighted by Crippen LogP contribution is -2.37. The van der Waals surface area contributed by atoms with Crippen LogP contribution in [0.3, 0.4) is 0 Å². The summed E-state index contributed by atoms with van der Waals surface area (Å²) in [6.07, 6.45) is 4.86. The maximum absolute atomic E-state index is 12.9. The molecule has 152 valence electrons. The molecule has 0 saturated carbocycles. The van der Waals surface area contributed by atoms with Crippen LogP contribution in [0.5, 0.6) is 0 Å². The molecule has 7 nitrogen and oxygen atoms in total. The van der Waals surface area contributed by atoms with E-state index < -0.39 is 19.9 Å². The average molecular weight is 432 g/mol. The zero-order valence-corrected chi connectivity index (χ0v) is 17.7. The van der Waals surface area contributed by atoms with Crippen LogP contribution in [0.25, 0.3) is 11.1 Å². The highest BCUT2D eigenvalue weighted by Crippen LogP contribution is 2.29. The second-order valence-corrected chi connectivity index (χ2v) is 11.0. The van der Waals surface area contributed by atoms with Gasteiger partial charge in [-0.25, -0.2) is 21.8 Å². The van der Waals surface area contributed by atoms with Crippen molar-refractivity contribution in [2.24, 2.45) is 7.05 Å². The fraction of sp³-hybridized carbons (Fsp3) is 0.250. The van der Waals surface area contributed by atoms with Gasteiger partial charge in [0, 0.05) is 38.8 Å². The molecule has 3 aromatic rings. The Morgan fingerprint density at radius 1 is 0.966 bits per heavy atom. The Morgan fingerprint density at radius 2 is 1.72 bits per heavy atom. The number of nitrogens with zero attached hydrogens (tertiary/aromatic N) is 3. The normalized spacial score (nSPS) is 15.2. The lowest BCUT2D eigenvalue weighted by molar-refractivity contribution is 0.385. The van der Waals surface area contributed by atoms with Gasteiger partial charge in [0.05, 0.1) is 4.90 Å². The van der Waals surface area contributed by atoms with Gasteiger partial charge in [-0.1, -0.05) is 30.3 Å². The Kier molecular flexibility index (Phi) is 4.84. The molecule has 2 aromatic carbocycles. The predicted octanol–water partition coefficient (Wildman–Crippen LogP) is 2.24. The Labute approximate surface area is 170 Å². The molecule has 0 atom stereocenters. The molecule has 29 heavy (non-hydrogen) atoms. The summed E-state index contributed by atoms with van der Waals surface area (Å²) < 4.78 is 52.4. The lowest BCUT2D eigenvalue weighted by Gasteiger charge is -2.28. The summed E-state index contributed by atoms with van der Waals surface area (Å²) in [5, 5.41) is 0.0372. The van der Waals surface area contributed by atoms with E-state index in [1.807, 2.05) is 24.3 Å². The number of rotatable bonds is 4. The van der Waals surface area contributed by atoms with Gasteiger partial charge in [-0.2, -0.15) is 4.31 Å². The zero-order chi connectivity index (χ0) is 20.8. The number of imidazole rings is 1. The predicted molar refractivity (Wildman–Crippen MR) is 109 cm³/mol. The summed E-state index contributed by atoms with van der Waals surface area (Å²) in [6, 6.07) is 12.7. The number of fused-ring (bicyclic) bond motifs is 1. The van der Waals surface area contributed by atoms with Gasteiger partial charge < -0.3 is 4.57 Å². The van der Waals surface area contributed by atoms with Crippen molar-refractivity contribution in [3.63, 3.8) is 0 Å². The Bertz CT molecular complexity index is 1290. The van der Waals surface area contributed by atoms with Gasteiger partial charge in [-0.05, 0) is 40.8 Å². The maximum atomic E-state index is 12.9. The van der Waals surface area contributed by atoms with E-state index in [9.17, 15) is 16.8 Å². The molecular formula is C20H21N3O4S2. The third-order valence-corrected chi connectivity index (χ3v) is 8.08. The van der Waals surface area contributed by atoms with Gasteiger partial charge in [-0.3, -0.25) is 0 Å². The molecule has 0 saturated heterocycles. The van der Waals surface area contributed by atoms with Crippen molar-refractivity contribution in [3.05, 3.63) is 66.0 Å². The van der Waals surface area contributed by atoms with Crippen molar-refractivity contribution in [2.45, 2.75) is 23.0 Å². The van der Waals surface area contributed by atoms with E-state index in [0.29, 0.717) is 13.0 Å². The summed E-state index contributed by atoms with van der Waals surface area (Å²) in [5.74, 6) is 0. The van der Waals surface area contributed by atoms with Crippen LogP contribution in [-0.2, 0) is 39.9 Å². The number of aromatic nitrogens is 2. The lowest BCUT2D eigenvalue weighted by atomic mass is 9.95. The van der Waals surface area contributed by atoms with Gasteiger partial charge in [0.1, 0.15) is 0 Å². The van der Waals surface area contributed by atoms with Crippen molar-refractivity contribution in [1.29, 1.82) is 0 Å². The van der Waals surface area contributed by atoms with Gasteiger partial charge in [0.15, 0.2) is 9.84 Å². The molecule has 0 aliphatic carbocycles. The third kappa shape index (κ3) is 3.73. The van der Waals surface area contributed by atoms with Crippen LogP contribution >= 0.6 is 0 Å². The Balaban J connectivity index is 1.64. The molecule has 1 aliphatic rings. The smallest absolute Gasteiger partial charge is 0.277 e. The molecule has 0 spiro atoms. The second kappa shape index (κ2) is 7.08. The molecule has 0 radical (unpaired) electrons. The molecular weight excluding hydrogens is 410 g/mol. The number of benzene rings is 2. The number of aryl methyl sites for hydroxylation is 1. The van der Waals surface area contributed by atoms with Crippen LogP contribution in [0.4, 0.5) is 0 Å². The summed E-state index contributed by atoms with van der Waals surface area (Å²) in [6.45, 7) is 0.656. The standard InChI is InChI=1S/C20H21N3O4S2/c1-22-11-9-21-20(22)29(26,27)23-10-8-17-12-16(6-7-18(17)14-23)15-4-3-5-19(13-15)28(2,24)25/h3-7,9,11-13H,8,10,14H2,1-2H3. The number of hydrogen-bond acceptors (Lipinski definition) is 5. The van der Waals surface area contributed by atoms with Crippen molar-refractivity contribution in [1.82, 2.24) is 13.9 Å². The van der Waals surface area contributed by atoms with Crippen LogP contribution in [0, 0.1) is 0 Å². The van der Waals surface area contributed by atoms with Crippen LogP contribution in [0.1, 0.15) is 11.1 Å². The first kappa shape index (κ1) is 19.8. The Morgan fingerprint density at radius 3 is 2.41 bits per heavy atom.